The summed E-state index contributed by atoms with van der Waals surface area (Å²) >= 11 is 0. The van der Waals surface area contributed by atoms with Gasteiger partial charge in [0.1, 0.15) is 17.5 Å². The molecule has 2 aromatic rings. The fraction of sp³-hybridized carbons (Fsp3) is 0.556. The number of nitrogens with two attached hydrogens (primary N) is 1. The maximum atomic E-state index is 12.6. The number of rotatable bonds is 12. The molecule has 37 heavy (non-hydrogen) atoms. The first-order valence-corrected chi connectivity index (χ1v) is 13.0. The van der Waals surface area contributed by atoms with Crippen LogP contribution in [0.1, 0.15) is 35.4 Å². The van der Waals surface area contributed by atoms with Crippen molar-refractivity contribution in [1.82, 2.24) is 19.8 Å². The van der Waals surface area contributed by atoms with Crippen LogP contribution in [0.4, 0.5) is 11.6 Å². The molecule has 1 aromatic heterocycles. The Morgan fingerprint density at radius 1 is 1.14 bits per heavy atom. The van der Waals surface area contributed by atoms with E-state index in [1.54, 1.807) is 11.8 Å². The molecule has 1 amide bonds. The molecule has 200 valence electrons. The lowest BCUT2D eigenvalue weighted by molar-refractivity contribution is -0.139. The zero-order valence-electron chi connectivity index (χ0n) is 21.9. The van der Waals surface area contributed by atoms with Crippen LogP contribution in [0.3, 0.4) is 0 Å². The van der Waals surface area contributed by atoms with Crippen LogP contribution in [-0.2, 0) is 38.4 Å². The summed E-state index contributed by atoms with van der Waals surface area (Å²) in [6.07, 6.45) is 2.36. The number of ether oxygens (including phenoxy) is 2. The second-order valence-electron chi connectivity index (χ2n) is 9.69. The number of benzene rings is 1. The highest BCUT2D eigenvalue weighted by Gasteiger charge is 2.31. The van der Waals surface area contributed by atoms with E-state index in [0.717, 1.165) is 76.5 Å². The third-order valence-corrected chi connectivity index (χ3v) is 6.93. The number of nitrogen functional groups attached to an aromatic ring is 1. The quantitative estimate of drug-likeness (QED) is 0.336. The molecule has 1 saturated heterocycles. The molecule has 0 bridgehead atoms. The van der Waals surface area contributed by atoms with Crippen molar-refractivity contribution in [2.75, 3.05) is 70.2 Å². The lowest BCUT2D eigenvalue weighted by Gasteiger charge is -2.30. The van der Waals surface area contributed by atoms with Crippen molar-refractivity contribution < 1.29 is 19.1 Å². The number of aromatic nitrogens is 2. The van der Waals surface area contributed by atoms with Gasteiger partial charge in [-0.2, -0.15) is 0 Å². The van der Waals surface area contributed by atoms with Gasteiger partial charge in [0.05, 0.1) is 33.2 Å². The van der Waals surface area contributed by atoms with Gasteiger partial charge in [-0.05, 0) is 37.4 Å². The van der Waals surface area contributed by atoms with Crippen LogP contribution < -0.4 is 10.6 Å². The number of amides is 1. The predicted octanol–water partition coefficient (Wildman–Crippen LogP) is 1.59. The molecule has 3 heterocycles. The van der Waals surface area contributed by atoms with Crippen LogP contribution in [0, 0.1) is 6.92 Å². The number of nitrogens with zero attached hydrogens (tertiary/aromatic N) is 5. The highest BCUT2D eigenvalue weighted by atomic mass is 16.5. The number of esters is 1. The van der Waals surface area contributed by atoms with E-state index < -0.39 is 0 Å². The molecule has 10 heteroatoms. The van der Waals surface area contributed by atoms with Gasteiger partial charge in [-0.1, -0.05) is 24.3 Å². The third kappa shape index (κ3) is 7.47. The van der Waals surface area contributed by atoms with Crippen molar-refractivity contribution >= 4 is 23.5 Å². The summed E-state index contributed by atoms with van der Waals surface area (Å²) < 4.78 is 10.3. The number of aryl methyl sites for hydroxylation is 1. The summed E-state index contributed by atoms with van der Waals surface area (Å²) in [5.41, 5.74) is 8.91. The van der Waals surface area contributed by atoms with Crippen LogP contribution in [0.25, 0.3) is 0 Å². The van der Waals surface area contributed by atoms with Gasteiger partial charge in [0, 0.05) is 44.8 Å². The number of anilines is 2. The Hall–Kier alpha value is -3.08. The van der Waals surface area contributed by atoms with E-state index in [1.807, 2.05) is 12.1 Å². The van der Waals surface area contributed by atoms with Gasteiger partial charge in [-0.25, -0.2) is 9.97 Å². The predicted molar refractivity (Wildman–Crippen MR) is 141 cm³/mol. The Morgan fingerprint density at radius 2 is 1.92 bits per heavy atom. The monoisotopic (exact) mass is 510 g/mol. The fourth-order valence-corrected chi connectivity index (χ4v) is 4.91. The lowest BCUT2D eigenvalue weighted by atomic mass is 10.1. The molecular weight excluding hydrogens is 472 g/mol. The standard InChI is InChI=1S/C27H38N6O4/c1-20-29-26(28)23-18-24(34)33(27(23)30-20)9-4-3-8-32(11-10-31-12-14-37-15-13-31)19-22-7-5-6-21(16-22)17-25(35)36-2/h5-7,16H,3-4,8-15,17-19H2,1-2H3,(H2,28,29,30). The second kappa shape index (κ2) is 12.9. The second-order valence-corrected chi connectivity index (χ2v) is 9.69. The van der Waals surface area contributed by atoms with Gasteiger partial charge >= 0.3 is 5.97 Å². The van der Waals surface area contributed by atoms with E-state index in [1.165, 1.54) is 12.7 Å². The van der Waals surface area contributed by atoms with Crippen molar-refractivity contribution in [3.05, 3.63) is 46.8 Å². The van der Waals surface area contributed by atoms with Crippen molar-refractivity contribution in [2.45, 2.75) is 39.2 Å². The molecule has 0 spiro atoms. The van der Waals surface area contributed by atoms with Crippen molar-refractivity contribution in [3.63, 3.8) is 0 Å². The topological polar surface area (TPSA) is 114 Å². The van der Waals surface area contributed by atoms with Crippen LogP contribution >= 0.6 is 0 Å². The minimum absolute atomic E-state index is 0.0354. The van der Waals surface area contributed by atoms with E-state index >= 15 is 0 Å². The maximum absolute atomic E-state index is 12.6. The first-order chi connectivity index (χ1) is 17.9. The molecule has 4 rings (SSSR count). The van der Waals surface area contributed by atoms with Crippen LogP contribution in [0.15, 0.2) is 24.3 Å². The molecule has 0 saturated carbocycles. The highest BCUT2D eigenvalue weighted by molar-refractivity contribution is 6.01. The number of hydrogen-bond donors (Lipinski definition) is 1. The Morgan fingerprint density at radius 3 is 2.70 bits per heavy atom. The minimum Gasteiger partial charge on any atom is -0.469 e. The average Bonchev–Trinajstić information content (AvgIpc) is 3.21. The molecule has 10 nitrogen and oxygen atoms in total. The first-order valence-electron chi connectivity index (χ1n) is 13.0. The van der Waals surface area contributed by atoms with E-state index in [4.69, 9.17) is 15.2 Å². The molecule has 0 unspecified atom stereocenters. The van der Waals surface area contributed by atoms with Crippen molar-refractivity contribution in [2.24, 2.45) is 0 Å². The Balaban J connectivity index is 1.35. The van der Waals surface area contributed by atoms with E-state index in [2.05, 4.69) is 31.9 Å². The van der Waals surface area contributed by atoms with Crippen molar-refractivity contribution in [1.29, 1.82) is 0 Å². The van der Waals surface area contributed by atoms with Gasteiger partial charge in [-0.3, -0.25) is 24.3 Å². The first kappa shape index (κ1) is 27.0. The van der Waals surface area contributed by atoms with E-state index in [0.29, 0.717) is 24.0 Å². The molecule has 0 atom stereocenters. The third-order valence-electron chi connectivity index (χ3n) is 6.93. The van der Waals surface area contributed by atoms with E-state index in [9.17, 15) is 9.59 Å². The summed E-state index contributed by atoms with van der Waals surface area (Å²) in [5.74, 6) is 1.46. The summed E-state index contributed by atoms with van der Waals surface area (Å²) in [7, 11) is 1.41. The number of carbonyl (C=O) groups is 2. The zero-order valence-corrected chi connectivity index (χ0v) is 21.9. The van der Waals surface area contributed by atoms with Crippen LogP contribution in [0.5, 0.6) is 0 Å². The summed E-state index contributed by atoms with van der Waals surface area (Å²) in [6.45, 7) is 9.54. The zero-order chi connectivity index (χ0) is 26.2. The Bertz CT molecular complexity index is 1090. The number of unbranched alkanes of at least 4 members (excludes halogenated alkanes) is 1. The number of methoxy groups -OCH3 is 1. The summed E-state index contributed by atoms with van der Waals surface area (Å²) in [5, 5.41) is 0. The molecule has 0 aliphatic carbocycles. The Kier molecular flexibility index (Phi) is 9.43. The number of fused-ring (bicyclic) bond motifs is 1. The van der Waals surface area contributed by atoms with Gasteiger partial charge in [-0.15, -0.1) is 0 Å². The van der Waals surface area contributed by atoms with Gasteiger partial charge in [0.2, 0.25) is 5.91 Å². The molecular formula is C27H38N6O4. The Labute approximate surface area is 218 Å². The average molecular weight is 511 g/mol. The SMILES string of the molecule is COC(=O)Cc1cccc(CN(CCCCN2C(=O)Cc3c(N)nc(C)nc32)CCN2CCOCC2)c1. The number of morpholine rings is 1. The normalized spacial score (nSPS) is 15.9. The smallest absolute Gasteiger partial charge is 0.309 e. The molecule has 2 aliphatic heterocycles. The van der Waals surface area contributed by atoms with Crippen LogP contribution in [0.2, 0.25) is 0 Å². The van der Waals surface area contributed by atoms with Gasteiger partial charge in [0.25, 0.3) is 0 Å². The van der Waals surface area contributed by atoms with E-state index in [-0.39, 0.29) is 24.7 Å². The molecule has 1 aromatic carbocycles. The fourth-order valence-electron chi connectivity index (χ4n) is 4.91. The van der Waals surface area contributed by atoms with Gasteiger partial charge < -0.3 is 15.2 Å². The highest BCUT2D eigenvalue weighted by Crippen LogP contribution is 2.30. The summed E-state index contributed by atoms with van der Waals surface area (Å²) in [4.78, 5) is 39.7. The molecule has 1 fully saturated rings. The maximum Gasteiger partial charge on any atom is 0.309 e. The lowest BCUT2D eigenvalue weighted by Crippen LogP contribution is -2.41. The minimum atomic E-state index is -0.235. The number of carbonyl (C=O) groups excluding carboxylic acids is 2. The molecule has 2 aliphatic rings. The number of hydrogen-bond acceptors (Lipinski definition) is 9. The van der Waals surface area contributed by atoms with Gasteiger partial charge in [0.15, 0.2) is 0 Å². The largest absolute Gasteiger partial charge is 0.469 e. The summed E-state index contributed by atoms with van der Waals surface area (Å²) in [6, 6.07) is 8.15. The van der Waals surface area contributed by atoms with Crippen molar-refractivity contribution in [3.8, 4) is 0 Å². The molecule has 2 N–H and O–H groups in total. The molecule has 0 radical (unpaired) electrons. The van der Waals surface area contributed by atoms with Crippen LogP contribution in [-0.4, -0.2) is 91.2 Å².